The summed E-state index contributed by atoms with van der Waals surface area (Å²) in [7, 11) is 1.56. The van der Waals surface area contributed by atoms with Crippen molar-refractivity contribution < 1.29 is 9.53 Å². The number of amides is 1. The first-order chi connectivity index (χ1) is 8.89. The van der Waals surface area contributed by atoms with Crippen LogP contribution in [-0.4, -0.2) is 25.7 Å². The highest BCUT2D eigenvalue weighted by Gasteiger charge is 2.23. The molecular formula is C14H21BrN2O2. The Balaban J connectivity index is 2.68. The molecule has 0 aromatic heterocycles. The molecule has 1 amide bonds. The molecule has 1 unspecified atom stereocenters. The molecule has 0 aliphatic heterocycles. The van der Waals surface area contributed by atoms with E-state index in [1.165, 1.54) is 0 Å². The molecule has 0 saturated carbocycles. The van der Waals surface area contributed by atoms with Gasteiger partial charge < -0.3 is 15.8 Å². The van der Waals surface area contributed by atoms with Gasteiger partial charge in [0.15, 0.2) is 0 Å². The van der Waals surface area contributed by atoms with Crippen LogP contribution >= 0.6 is 15.9 Å². The maximum Gasteiger partial charge on any atom is 0.223 e. The largest absolute Gasteiger partial charge is 0.380 e. The number of hydrogen-bond acceptors (Lipinski definition) is 3. The van der Waals surface area contributed by atoms with E-state index in [0.717, 1.165) is 10.0 Å². The zero-order valence-corrected chi connectivity index (χ0v) is 13.2. The maximum atomic E-state index is 12.0. The zero-order valence-electron chi connectivity index (χ0n) is 11.6. The highest BCUT2D eigenvalue weighted by Crippen LogP contribution is 2.22. The van der Waals surface area contributed by atoms with Crippen LogP contribution in [0.4, 0.5) is 0 Å². The van der Waals surface area contributed by atoms with E-state index in [0.29, 0.717) is 6.54 Å². The number of nitrogens with one attached hydrogen (secondary N) is 1. The van der Waals surface area contributed by atoms with Gasteiger partial charge in [0, 0.05) is 18.1 Å². The van der Waals surface area contributed by atoms with Gasteiger partial charge >= 0.3 is 0 Å². The monoisotopic (exact) mass is 328 g/mol. The molecule has 1 aromatic carbocycles. The number of halogens is 1. The standard InChI is InChI=1S/C14H21BrN2O2/c1-14(2,10-4-6-11(15)7-5-10)17-13(18)8-12(9-16)19-3/h4-7,12H,8-9,16H2,1-3H3,(H,17,18). The quantitative estimate of drug-likeness (QED) is 0.841. The molecule has 0 bridgehead atoms. The van der Waals surface area contributed by atoms with Crippen LogP contribution in [0.1, 0.15) is 25.8 Å². The number of nitrogens with two attached hydrogens (primary N) is 1. The predicted octanol–water partition coefficient (Wildman–Crippen LogP) is 2.16. The van der Waals surface area contributed by atoms with Gasteiger partial charge in [0.25, 0.3) is 0 Å². The Labute approximate surface area is 122 Å². The number of rotatable bonds is 6. The summed E-state index contributed by atoms with van der Waals surface area (Å²) in [5, 5.41) is 3.00. The minimum Gasteiger partial charge on any atom is -0.380 e. The molecule has 5 heteroatoms. The molecule has 1 atom stereocenters. The van der Waals surface area contributed by atoms with E-state index >= 15 is 0 Å². The molecule has 3 N–H and O–H groups in total. The van der Waals surface area contributed by atoms with Crippen molar-refractivity contribution in [1.29, 1.82) is 0 Å². The van der Waals surface area contributed by atoms with Crippen LogP contribution in [-0.2, 0) is 15.1 Å². The van der Waals surface area contributed by atoms with Crippen molar-refractivity contribution in [2.75, 3.05) is 13.7 Å². The van der Waals surface area contributed by atoms with E-state index in [4.69, 9.17) is 10.5 Å². The second-order valence-corrected chi connectivity index (χ2v) is 5.89. The molecule has 0 spiro atoms. The molecule has 106 valence electrons. The van der Waals surface area contributed by atoms with Gasteiger partial charge in [-0.15, -0.1) is 0 Å². The average molecular weight is 329 g/mol. The van der Waals surface area contributed by atoms with Crippen LogP contribution in [0.25, 0.3) is 0 Å². The van der Waals surface area contributed by atoms with Crippen molar-refractivity contribution in [3.05, 3.63) is 34.3 Å². The molecular weight excluding hydrogens is 308 g/mol. The molecule has 4 nitrogen and oxygen atoms in total. The van der Waals surface area contributed by atoms with Crippen molar-refractivity contribution in [3.8, 4) is 0 Å². The van der Waals surface area contributed by atoms with Crippen molar-refractivity contribution >= 4 is 21.8 Å². The van der Waals surface area contributed by atoms with Gasteiger partial charge in [-0.25, -0.2) is 0 Å². The van der Waals surface area contributed by atoms with E-state index in [2.05, 4.69) is 21.2 Å². The summed E-state index contributed by atoms with van der Waals surface area (Å²) in [5.74, 6) is -0.0646. The first kappa shape index (κ1) is 16.1. The van der Waals surface area contributed by atoms with Gasteiger partial charge in [-0.3, -0.25) is 4.79 Å². The van der Waals surface area contributed by atoms with Crippen LogP contribution < -0.4 is 11.1 Å². The highest BCUT2D eigenvalue weighted by atomic mass is 79.9. The van der Waals surface area contributed by atoms with Gasteiger partial charge in [-0.05, 0) is 31.5 Å². The fraction of sp³-hybridized carbons (Fsp3) is 0.500. The summed E-state index contributed by atoms with van der Waals surface area (Å²) in [6.07, 6.45) is 0.0353. The van der Waals surface area contributed by atoms with Crippen LogP contribution in [0.3, 0.4) is 0 Å². The summed E-state index contributed by atoms with van der Waals surface area (Å²) in [5.41, 5.74) is 6.13. The summed E-state index contributed by atoms with van der Waals surface area (Å²) in [6, 6.07) is 7.89. The fourth-order valence-corrected chi connectivity index (χ4v) is 2.07. The number of hydrogen-bond donors (Lipinski definition) is 2. The molecule has 0 aliphatic rings. The SMILES string of the molecule is COC(CN)CC(=O)NC(C)(C)c1ccc(Br)cc1. The Morgan fingerprint density at radius 1 is 1.42 bits per heavy atom. The fourth-order valence-electron chi connectivity index (χ4n) is 1.81. The van der Waals surface area contributed by atoms with E-state index < -0.39 is 5.54 Å². The molecule has 0 radical (unpaired) electrons. The summed E-state index contributed by atoms with van der Waals surface area (Å²) in [6.45, 7) is 4.28. The second kappa shape index (κ2) is 7.03. The highest BCUT2D eigenvalue weighted by molar-refractivity contribution is 9.10. The molecule has 0 saturated heterocycles. The molecule has 0 aliphatic carbocycles. The van der Waals surface area contributed by atoms with E-state index in [1.807, 2.05) is 38.1 Å². The first-order valence-electron chi connectivity index (χ1n) is 6.19. The lowest BCUT2D eigenvalue weighted by atomic mass is 9.94. The van der Waals surface area contributed by atoms with Gasteiger partial charge in [0.05, 0.1) is 18.1 Å². The first-order valence-corrected chi connectivity index (χ1v) is 6.98. The molecule has 0 heterocycles. The van der Waals surface area contributed by atoms with Crippen molar-refractivity contribution in [1.82, 2.24) is 5.32 Å². The molecule has 0 fully saturated rings. The Morgan fingerprint density at radius 2 is 2.00 bits per heavy atom. The summed E-state index contributed by atoms with van der Waals surface area (Å²) >= 11 is 3.40. The lowest BCUT2D eigenvalue weighted by Gasteiger charge is -2.28. The number of benzene rings is 1. The van der Waals surface area contributed by atoms with Crippen molar-refractivity contribution in [2.45, 2.75) is 31.9 Å². The Kier molecular flexibility index (Phi) is 5.97. The van der Waals surface area contributed by atoms with Crippen LogP contribution in [0, 0.1) is 0 Å². The van der Waals surface area contributed by atoms with Crippen LogP contribution in [0.5, 0.6) is 0 Å². The summed E-state index contributed by atoms with van der Waals surface area (Å²) < 4.78 is 6.13. The third kappa shape index (κ3) is 4.93. The molecule has 1 aromatic rings. The predicted molar refractivity (Wildman–Crippen MR) is 79.8 cm³/mol. The van der Waals surface area contributed by atoms with E-state index in [9.17, 15) is 4.79 Å². The molecule has 19 heavy (non-hydrogen) atoms. The van der Waals surface area contributed by atoms with Crippen molar-refractivity contribution in [3.63, 3.8) is 0 Å². The summed E-state index contributed by atoms with van der Waals surface area (Å²) in [4.78, 5) is 12.0. The molecule has 1 rings (SSSR count). The lowest BCUT2D eigenvalue weighted by Crippen LogP contribution is -2.43. The second-order valence-electron chi connectivity index (χ2n) is 4.98. The Morgan fingerprint density at radius 3 is 2.47 bits per heavy atom. The lowest BCUT2D eigenvalue weighted by molar-refractivity contribution is -0.125. The topological polar surface area (TPSA) is 64.3 Å². The van der Waals surface area contributed by atoms with Gasteiger partial charge in [0.1, 0.15) is 0 Å². The third-order valence-electron chi connectivity index (χ3n) is 3.03. The minimum absolute atomic E-state index is 0.0646. The van der Waals surface area contributed by atoms with E-state index in [1.54, 1.807) is 7.11 Å². The number of carbonyl (C=O) groups excluding carboxylic acids is 1. The number of ether oxygens (including phenoxy) is 1. The number of carbonyl (C=O) groups is 1. The normalized spacial score (nSPS) is 13.1. The Hall–Kier alpha value is -0.910. The average Bonchev–Trinajstić information content (AvgIpc) is 2.35. The van der Waals surface area contributed by atoms with Crippen LogP contribution in [0.2, 0.25) is 0 Å². The van der Waals surface area contributed by atoms with Crippen LogP contribution in [0.15, 0.2) is 28.7 Å². The minimum atomic E-state index is -0.426. The van der Waals surface area contributed by atoms with Crippen molar-refractivity contribution in [2.24, 2.45) is 5.73 Å². The Bertz CT molecular complexity index is 414. The van der Waals surface area contributed by atoms with E-state index in [-0.39, 0.29) is 18.4 Å². The van der Waals surface area contributed by atoms with Gasteiger partial charge in [-0.1, -0.05) is 28.1 Å². The number of methoxy groups -OCH3 is 1. The zero-order chi connectivity index (χ0) is 14.5. The van der Waals surface area contributed by atoms with Gasteiger partial charge in [-0.2, -0.15) is 0 Å². The smallest absolute Gasteiger partial charge is 0.223 e. The van der Waals surface area contributed by atoms with Gasteiger partial charge in [0.2, 0.25) is 5.91 Å². The maximum absolute atomic E-state index is 12.0. The third-order valence-corrected chi connectivity index (χ3v) is 3.56.